The number of hydrogen-bond donors (Lipinski definition) is 2. The highest BCUT2D eigenvalue weighted by Gasteiger charge is 2.26. The fourth-order valence-corrected chi connectivity index (χ4v) is 2.07. The average Bonchev–Trinajstić information content (AvgIpc) is 2.34. The first-order valence-corrected chi connectivity index (χ1v) is 6.48. The summed E-state index contributed by atoms with van der Waals surface area (Å²) in [5.74, 6) is -1.41. The van der Waals surface area contributed by atoms with E-state index in [0.29, 0.717) is 12.0 Å². The molecule has 0 fully saturated rings. The Balaban J connectivity index is 2.98. The van der Waals surface area contributed by atoms with Crippen LogP contribution in [0.5, 0.6) is 0 Å². The van der Waals surface area contributed by atoms with Gasteiger partial charge in [0.05, 0.1) is 0 Å². The molecule has 0 spiro atoms. The summed E-state index contributed by atoms with van der Waals surface area (Å²) in [6, 6.07) is 4.73. The predicted molar refractivity (Wildman–Crippen MR) is 74.3 cm³/mol. The van der Waals surface area contributed by atoms with Gasteiger partial charge < -0.3 is 10.4 Å². The predicted octanol–water partition coefficient (Wildman–Crippen LogP) is 2.53. The van der Waals surface area contributed by atoms with Crippen LogP contribution in [-0.4, -0.2) is 23.0 Å². The van der Waals surface area contributed by atoms with E-state index in [1.165, 1.54) is 0 Å². The SMILES string of the molecule is CCC(C)[C@H](NC(=O)c1c(C)cccc1C)C(=O)O. The highest BCUT2D eigenvalue weighted by molar-refractivity contribution is 5.99. The average molecular weight is 263 g/mol. The number of nitrogens with one attached hydrogen (secondary N) is 1. The first kappa shape index (κ1) is 15.2. The van der Waals surface area contributed by atoms with E-state index in [4.69, 9.17) is 0 Å². The summed E-state index contributed by atoms with van der Waals surface area (Å²) < 4.78 is 0. The third kappa shape index (κ3) is 3.56. The van der Waals surface area contributed by atoms with Crippen LogP contribution in [0.1, 0.15) is 41.8 Å². The molecule has 0 saturated heterocycles. The molecule has 104 valence electrons. The molecule has 0 aromatic heterocycles. The van der Waals surface area contributed by atoms with Crippen LogP contribution < -0.4 is 5.32 Å². The van der Waals surface area contributed by atoms with Crippen molar-refractivity contribution in [1.82, 2.24) is 5.32 Å². The standard InChI is InChI=1S/C15H21NO3/c1-5-9(2)13(15(18)19)16-14(17)12-10(3)7-6-8-11(12)4/h6-9,13H,5H2,1-4H3,(H,16,17)(H,18,19)/t9?,13-/m0/s1. The number of amides is 1. The van der Waals surface area contributed by atoms with Gasteiger partial charge in [-0.25, -0.2) is 4.79 Å². The monoisotopic (exact) mass is 263 g/mol. The lowest BCUT2D eigenvalue weighted by Gasteiger charge is -2.21. The maximum absolute atomic E-state index is 12.2. The van der Waals surface area contributed by atoms with E-state index < -0.39 is 12.0 Å². The maximum atomic E-state index is 12.2. The van der Waals surface area contributed by atoms with Gasteiger partial charge in [-0.1, -0.05) is 38.5 Å². The van der Waals surface area contributed by atoms with Crippen molar-refractivity contribution >= 4 is 11.9 Å². The van der Waals surface area contributed by atoms with E-state index in [1.807, 2.05) is 45.9 Å². The van der Waals surface area contributed by atoms with Gasteiger partial charge in [0.15, 0.2) is 0 Å². The van der Waals surface area contributed by atoms with Gasteiger partial charge >= 0.3 is 5.97 Å². The summed E-state index contributed by atoms with van der Waals surface area (Å²) in [4.78, 5) is 23.5. The Morgan fingerprint density at radius 3 is 2.21 bits per heavy atom. The van der Waals surface area contributed by atoms with Crippen molar-refractivity contribution in [2.45, 2.75) is 40.2 Å². The Morgan fingerprint density at radius 2 is 1.79 bits per heavy atom. The van der Waals surface area contributed by atoms with Gasteiger partial charge in [0, 0.05) is 5.56 Å². The first-order valence-electron chi connectivity index (χ1n) is 6.48. The lowest BCUT2D eigenvalue weighted by Crippen LogP contribution is -2.45. The largest absolute Gasteiger partial charge is 0.480 e. The Hall–Kier alpha value is -1.84. The quantitative estimate of drug-likeness (QED) is 0.858. The minimum atomic E-state index is -0.992. The molecule has 4 heteroatoms. The number of aliphatic carboxylic acids is 1. The lowest BCUT2D eigenvalue weighted by molar-refractivity contribution is -0.140. The highest BCUT2D eigenvalue weighted by Crippen LogP contribution is 2.15. The van der Waals surface area contributed by atoms with E-state index in [-0.39, 0.29) is 11.8 Å². The molecule has 2 N–H and O–H groups in total. The molecule has 0 radical (unpaired) electrons. The van der Waals surface area contributed by atoms with Crippen molar-refractivity contribution in [3.05, 3.63) is 34.9 Å². The molecular weight excluding hydrogens is 242 g/mol. The molecule has 0 aliphatic heterocycles. The van der Waals surface area contributed by atoms with E-state index >= 15 is 0 Å². The van der Waals surface area contributed by atoms with Crippen LogP contribution in [0.25, 0.3) is 0 Å². The van der Waals surface area contributed by atoms with Crippen molar-refractivity contribution in [2.24, 2.45) is 5.92 Å². The van der Waals surface area contributed by atoms with Gasteiger partial charge in [-0.05, 0) is 30.9 Å². The Kier molecular flexibility index (Phi) is 5.10. The van der Waals surface area contributed by atoms with Crippen molar-refractivity contribution in [1.29, 1.82) is 0 Å². The van der Waals surface area contributed by atoms with Crippen molar-refractivity contribution in [3.63, 3.8) is 0 Å². The molecule has 0 aliphatic rings. The minimum absolute atomic E-state index is 0.106. The fraction of sp³-hybridized carbons (Fsp3) is 0.467. The summed E-state index contributed by atoms with van der Waals surface area (Å²) in [5.41, 5.74) is 2.27. The van der Waals surface area contributed by atoms with Crippen LogP contribution in [0.4, 0.5) is 0 Å². The molecule has 1 amide bonds. The number of rotatable bonds is 5. The Bertz CT molecular complexity index is 462. The minimum Gasteiger partial charge on any atom is -0.480 e. The van der Waals surface area contributed by atoms with E-state index in [1.54, 1.807) is 0 Å². The van der Waals surface area contributed by atoms with Gasteiger partial charge in [-0.15, -0.1) is 0 Å². The van der Waals surface area contributed by atoms with Crippen molar-refractivity contribution in [2.75, 3.05) is 0 Å². The van der Waals surface area contributed by atoms with Crippen LogP contribution in [0.15, 0.2) is 18.2 Å². The zero-order valence-corrected chi connectivity index (χ0v) is 11.9. The molecule has 0 saturated carbocycles. The number of carbonyl (C=O) groups excluding carboxylic acids is 1. The lowest BCUT2D eigenvalue weighted by atomic mass is 9.97. The molecule has 1 aromatic rings. The van der Waals surface area contributed by atoms with Crippen LogP contribution in [0, 0.1) is 19.8 Å². The molecule has 2 atom stereocenters. The van der Waals surface area contributed by atoms with Gasteiger partial charge in [0.1, 0.15) is 6.04 Å². The third-order valence-corrected chi connectivity index (χ3v) is 3.47. The Labute approximate surface area is 113 Å². The molecule has 1 unspecified atom stereocenters. The third-order valence-electron chi connectivity index (χ3n) is 3.47. The van der Waals surface area contributed by atoms with E-state index in [2.05, 4.69) is 5.32 Å². The van der Waals surface area contributed by atoms with E-state index in [9.17, 15) is 14.7 Å². The first-order chi connectivity index (χ1) is 8.88. The van der Waals surface area contributed by atoms with Gasteiger partial charge in [0.25, 0.3) is 5.91 Å². The second-order valence-electron chi connectivity index (χ2n) is 4.94. The molecule has 0 aliphatic carbocycles. The van der Waals surface area contributed by atoms with Crippen LogP contribution in [-0.2, 0) is 4.79 Å². The van der Waals surface area contributed by atoms with Crippen LogP contribution in [0.2, 0.25) is 0 Å². The molecule has 0 heterocycles. The van der Waals surface area contributed by atoms with Crippen LogP contribution in [0.3, 0.4) is 0 Å². The molecule has 4 nitrogen and oxygen atoms in total. The number of benzene rings is 1. The fourth-order valence-electron chi connectivity index (χ4n) is 2.07. The number of hydrogen-bond acceptors (Lipinski definition) is 2. The number of carboxylic acid groups (broad SMARTS) is 1. The molecule has 19 heavy (non-hydrogen) atoms. The topological polar surface area (TPSA) is 66.4 Å². The summed E-state index contributed by atoms with van der Waals surface area (Å²) in [7, 11) is 0. The van der Waals surface area contributed by atoms with Crippen molar-refractivity contribution < 1.29 is 14.7 Å². The zero-order chi connectivity index (χ0) is 14.6. The number of carboxylic acids is 1. The summed E-state index contributed by atoms with van der Waals surface area (Å²) in [6.07, 6.45) is 0.698. The highest BCUT2D eigenvalue weighted by atomic mass is 16.4. The second kappa shape index (κ2) is 6.36. The maximum Gasteiger partial charge on any atom is 0.326 e. The summed E-state index contributed by atoms with van der Waals surface area (Å²) in [5, 5.41) is 11.8. The molecule has 1 rings (SSSR count). The summed E-state index contributed by atoms with van der Waals surface area (Å²) in [6.45, 7) is 7.43. The molecule has 1 aromatic carbocycles. The van der Waals surface area contributed by atoms with Crippen molar-refractivity contribution in [3.8, 4) is 0 Å². The van der Waals surface area contributed by atoms with E-state index in [0.717, 1.165) is 11.1 Å². The summed E-state index contributed by atoms with van der Waals surface area (Å²) >= 11 is 0. The van der Waals surface area contributed by atoms with Gasteiger partial charge in [-0.3, -0.25) is 4.79 Å². The number of carbonyl (C=O) groups is 2. The van der Waals surface area contributed by atoms with Gasteiger partial charge in [0.2, 0.25) is 0 Å². The molecule has 0 bridgehead atoms. The number of aryl methyl sites for hydroxylation is 2. The second-order valence-corrected chi connectivity index (χ2v) is 4.94. The zero-order valence-electron chi connectivity index (χ0n) is 11.9. The normalized spacial score (nSPS) is 13.7. The molecular formula is C15H21NO3. The smallest absolute Gasteiger partial charge is 0.326 e. The van der Waals surface area contributed by atoms with Gasteiger partial charge in [-0.2, -0.15) is 0 Å². The Morgan fingerprint density at radius 1 is 1.26 bits per heavy atom. The van der Waals surface area contributed by atoms with Crippen LogP contribution >= 0.6 is 0 Å².